The number of anilines is 1. The Morgan fingerprint density at radius 1 is 1.33 bits per heavy atom. The molecule has 0 fully saturated rings. The van der Waals surface area contributed by atoms with E-state index in [0.717, 1.165) is 36.6 Å². The van der Waals surface area contributed by atoms with Crippen LogP contribution in [-0.4, -0.2) is 23.1 Å². The zero-order chi connectivity index (χ0) is 12.4. The Balaban J connectivity index is 2.05. The van der Waals surface area contributed by atoms with Crippen molar-refractivity contribution >= 4 is 5.95 Å². The van der Waals surface area contributed by atoms with Crippen LogP contribution in [0.4, 0.5) is 5.95 Å². The Kier molecular flexibility index (Phi) is 2.84. The Morgan fingerprint density at radius 2 is 2.28 bits per heavy atom. The molecule has 0 radical (unpaired) electrons. The van der Waals surface area contributed by atoms with Gasteiger partial charge in [-0.05, 0) is 24.6 Å². The van der Waals surface area contributed by atoms with Gasteiger partial charge in [-0.25, -0.2) is 9.97 Å². The van der Waals surface area contributed by atoms with Gasteiger partial charge in [0.15, 0.2) is 0 Å². The number of nitrogens with zero attached hydrogens (tertiary/aromatic N) is 2. The van der Waals surface area contributed by atoms with E-state index < -0.39 is 0 Å². The maximum Gasteiger partial charge on any atom is 0.223 e. The number of benzene rings is 1. The molecule has 0 spiro atoms. The van der Waals surface area contributed by atoms with E-state index in [1.54, 1.807) is 6.20 Å². The van der Waals surface area contributed by atoms with Crippen LogP contribution in [-0.2, 0) is 6.42 Å². The van der Waals surface area contributed by atoms with Gasteiger partial charge in [0.2, 0.25) is 5.95 Å². The fourth-order valence-corrected chi connectivity index (χ4v) is 2.17. The first-order valence-corrected chi connectivity index (χ1v) is 6.20. The number of nitrogens with one attached hydrogen (secondary N) is 1. The zero-order valence-electron chi connectivity index (χ0n) is 10.3. The summed E-state index contributed by atoms with van der Waals surface area (Å²) >= 11 is 0. The van der Waals surface area contributed by atoms with Crippen LogP contribution >= 0.6 is 0 Å². The number of fused-ring (bicyclic) bond motifs is 1. The minimum Gasteiger partial charge on any atom is -0.492 e. The quantitative estimate of drug-likeness (QED) is 0.897. The lowest BCUT2D eigenvalue weighted by Gasteiger charge is -2.08. The first-order chi connectivity index (χ1) is 8.88. The predicted molar refractivity (Wildman–Crippen MR) is 70.8 cm³/mol. The van der Waals surface area contributed by atoms with E-state index in [1.807, 2.05) is 19.1 Å². The van der Waals surface area contributed by atoms with Crippen LogP contribution in [0.15, 0.2) is 30.5 Å². The second-order valence-electron chi connectivity index (χ2n) is 4.19. The molecule has 0 bridgehead atoms. The Labute approximate surface area is 106 Å². The number of ether oxygens (including phenoxy) is 1. The number of hydrogen-bond acceptors (Lipinski definition) is 4. The first-order valence-electron chi connectivity index (χ1n) is 6.20. The van der Waals surface area contributed by atoms with E-state index in [4.69, 9.17) is 4.74 Å². The third kappa shape index (κ3) is 1.90. The standard InChI is InChI=1S/C14H15N3O/c1-2-15-14-16-8-6-12(17-14)11-5-3-4-10-7-9-18-13(10)11/h3-6,8H,2,7,9H2,1H3,(H,15,16,17). The van der Waals surface area contributed by atoms with Crippen molar-refractivity contribution in [2.24, 2.45) is 0 Å². The molecule has 0 atom stereocenters. The molecule has 4 heteroatoms. The lowest BCUT2D eigenvalue weighted by molar-refractivity contribution is 0.358. The minimum absolute atomic E-state index is 0.658. The van der Waals surface area contributed by atoms with Gasteiger partial charge in [0, 0.05) is 24.7 Å². The molecule has 92 valence electrons. The van der Waals surface area contributed by atoms with Crippen LogP contribution < -0.4 is 10.1 Å². The highest BCUT2D eigenvalue weighted by Crippen LogP contribution is 2.35. The average molecular weight is 241 g/mol. The van der Waals surface area contributed by atoms with Crippen molar-refractivity contribution in [2.45, 2.75) is 13.3 Å². The van der Waals surface area contributed by atoms with Crippen LogP contribution in [0.2, 0.25) is 0 Å². The molecule has 0 saturated carbocycles. The molecule has 1 aromatic heterocycles. The maximum absolute atomic E-state index is 5.70. The summed E-state index contributed by atoms with van der Waals surface area (Å²) in [5.74, 6) is 1.63. The minimum atomic E-state index is 0.658. The zero-order valence-corrected chi connectivity index (χ0v) is 10.3. The van der Waals surface area contributed by atoms with Gasteiger partial charge in [-0.2, -0.15) is 0 Å². The van der Waals surface area contributed by atoms with Crippen LogP contribution in [0, 0.1) is 0 Å². The van der Waals surface area contributed by atoms with Crippen LogP contribution in [0.25, 0.3) is 11.3 Å². The molecule has 0 amide bonds. The van der Waals surface area contributed by atoms with Gasteiger partial charge >= 0.3 is 0 Å². The third-order valence-electron chi connectivity index (χ3n) is 2.98. The van der Waals surface area contributed by atoms with E-state index in [9.17, 15) is 0 Å². The molecule has 1 N–H and O–H groups in total. The molecule has 0 aliphatic carbocycles. The van der Waals surface area contributed by atoms with Crippen molar-refractivity contribution in [1.82, 2.24) is 9.97 Å². The summed E-state index contributed by atoms with van der Waals surface area (Å²) in [7, 11) is 0. The number of hydrogen-bond donors (Lipinski definition) is 1. The summed E-state index contributed by atoms with van der Waals surface area (Å²) in [6.07, 6.45) is 2.75. The van der Waals surface area contributed by atoms with Gasteiger partial charge in [0.05, 0.1) is 12.3 Å². The number of para-hydroxylation sites is 1. The Bertz CT molecular complexity index is 569. The van der Waals surface area contributed by atoms with Gasteiger partial charge in [-0.3, -0.25) is 0 Å². The molecular weight excluding hydrogens is 226 g/mol. The largest absolute Gasteiger partial charge is 0.492 e. The van der Waals surface area contributed by atoms with Gasteiger partial charge in [0.25, 0.3) is 0 Å². The Morgan fingerprint density at radius 3 is 3.17 bits per heavy atom. The molecule has 1 aliphatic heterocycles. The molecule has 2 heterocycles. The molecule has 0 saturated heterocycles. The van der Waals surface area contributed by atoms with E-state index in [-0.39, 0.29) is 0 Å². The molecule has 0 unspecified atom stereocenters. The molecule has 4 nitrogen and oxygen atoms in total. The first kappa shape index (κ1) is 11.0. The summed E-state index contributed by atoms with van der Waals surface area (Å²) in [6, 6.07) is 8.12. The maximum atomic E-state index is 5.70. The van der Waals surface area contributed by atoms with Crippen molar-refractivity contribution in [3.8, 4) is 17.0 Å². The molecule has 18 heavy (non-hydrogen) atoms. The van der Waals surface area contributed by atoms with E-state index >= 15 is 0 Å². The van der Waals surface area contributed by atoms with E-state index in [2.05, 4.69) is 27.4 Å². The summed E-state index contributed by atoms with van der Waals surface area (Å²) in [4.78, 5) is 8.69. The fraction of sp³-hybridized carbons (Fsp3) is 0.286. The summed E-state index contributed by atoms with van der Waals surface area (Å²) < 4.78 is 5.70. The van der Waals surface area contributed by atoms with E-state index in [0.29, 0.717) is 5.95 Å². The smallest absolute Gasteiger partial charge is 0.223 e. The summed E-state index contributed by atoms with van der Waals surface area (Å²) in [5.41, 5.74) is 3.21. The van der Waals surface area contributed by atoms with Crippen molar-refractivity contribution in [3.05, 3.63) is 36.0 Å². The highest BCUT2D eigenvalue weighted by molar-refractivity contribution is 5.70. The second-order valence-corrected chi connectivity index (χ2v) is 4.19. The fourth-order valence-electron chi connectivity index (χ4n) is 2.17. The van der Waals surface area contributed by atoms with Crippen LogP contribution in [0.1, 0.15) is 12.5 Å². The topological polar surface area (TPSA) is 47.0 Å². The van der Waals surface area contributed by atoms with Crippen molar-refractivity contribution in [1.29, 1.82) is 0 Å². The second kappa shape index (κ2) is 4.64. The highest BCUT2D eigenvalue weighted by atomic mass is 16.5. The number of rotatable bonds is 3. The molecule has 1 aliphatic rings. The summed E-state index contributed by atoms with van der Waals surface area (Å²) in [6.45, 7) is 3.60. The normalized spacial score (nSPS) is 12.9. The van der Waals surface area contributed by atoms with Gasteiger partial charge in [-0.15, -0.1) is 0 Å². The predicted octanol–water partition coefficient (Wildman–Crippen LogP) is 2.51. The SMILES string of the molecule is CCNc1nccc(-c2cccc3c2OCC3)n1. The van der Waals surface area contributed by atoms with E-state index in [1.165, 1.54) is 5.56 Å². The average Bonchev–Trinajstić information content (AvgIpc) is 2.87. The monoisotopic (exact) mass is 241 g/mol. The van der Waals surface area contributed by atoms with Crippen LogP contribution in [0.5, 0.6) is 5.75 Å². The molecule has 1 aromatic carbocycles. The highest BCUT2D eigenvalue weighted by Gasteiger charge is 2.17. The number of aromatic nitrogens is 2. The van der Waals surface area contributed by atoms with Gasteiger partial charge in [0.1, 0.15) is 5.75 Å². The van der Waals surface area contributed by atoms with Gasteiger partial charge < -0.3 is 10.1 Å². The molecule has 2 aromatic rings. The lowest BCUT2D eigenvalue weighted by atomic mass is 10.1. The van der Waals surface area contributed by atoms with Crippen molar-refractivity contribution < 1.29 is 4.74 Å². The van der Waals surface area contributed by atoms with Crippen molar-refractivity contribution in [3.63, 3.8) is 0 Å². The lowest BCUT2D eigenvalue weighted by Crippen LogP contribution is -2.02. The molecule has 3 rings (SSSR count). The van der Waals surface area contributed by atoms with Crippen molar-refractivity contribution in [2.75, 3.05) is 18.5 Å². The summed E-state index contributed by atoms with van der Waals surface area (Å²) in [5, 5.41) is 3.12. The third-order valence-corrected chi connectivity index (χ3v) is 2.98. The van der Waals surface area contributed by atoms with Gasteiger partial charge in [-0.1, -0.05) is 12.1 Å². The van der Waals surface area contributed by atoms with Crippen LogP contribution in [0.3, 0.4) is 0 Å². The Hall–Kier alpha value is -2.10. The molecular formula is C14H15N3O.